The monoisotopic (exact) mass is 554 g/mol. The van der Waals surface area contributed by atoms with E-state index in [2.05, 4.69) is 10.3 Å². The number of hydrogen-bond acceptors (Lipinski definition) is 4. The first-order valence-corrected chi connectivity index (χ1v) is 11.0. The predicted molar refractivity (Wildman–Crippen MR) is 119 cm³/mol. The number of ether oxygens (including phenoxy) is 1. The Morgan fingerprint density at radius 3 is 2.19 bits per heavy atom. The molecule has 0 bridgehead atoms. The zero-order valence-corrected chi connectivity index (χ0v) is 20.0. The van der Waals surface area contributed by atoms with Crippen molar-refractivity contribution in [1.82, 2.24) is 19.9 Å². The number of benzene rings is 2. The normalized spacial score (nSPS) is 12.1. The molecule has 0 aliphatic carbocycles. The van der Waals surface area contributed by atoms with Crippen LogP contribution in [-0.4, -0.2) is 46.1 Å². The van der Waals surface area contributed by atoms with Crippen molar-refractivity contribution in [3.8, 4) is 0 Å². The average molecular weight is 555 g/mol. The summed E-state index contributed by atoms with van der Waals surface area (Å²) >= 11 is 12.4. The van der Waals surface area contributed by atoms with Gasteiger partial charge in [-0.05, 0) is 35.4 Å². The van der Waals surface area contributed by atoms with Gasteiger partial charge in [0.1, 0.15) is 0 Å². The standard InChI is InChI=1S/C22H18Cl2F6N4O2/c1-36-7-6-33(12-14-4-2-3-5-17(14)23)20(35)18-19(24)34(32-31-18)11-13-8-15(21(25,26)27)10-16(9-13)22(28,29)30/h2-5,8-10H,6-7,11-12H2,1H3. The van der Waals surface area contributed by atoms with Gasteiger partial charge in [-0.25, -0.2) is 4.68 Å². The van der Waals surface area contributed by atoms with Crippen LogP contribution < -0.4 is 0 Å². The van der Waals surface area contributed by atoms with Gasteiger partial charge >= 0.3 is 12.4 Å². The summed E-state index contributed by atoms with van der Waals surface area (Å²) in [6, 6.07) is 7.92. The third-order valence-electron chi connectivity index (χ3n) is 5.03. The second-order valence-electron chi connectivity index (χ2n) is 7.61. The second-order valence-corrected chi connectivity index (χ2v) is 8.38. The summed E-state index contributed by atoms with van der Waals surface area (Å²) in [6.45, 7) is -0.249. The maximum Gasteiger partial charge on any atom is 0.416 e. The Labute approximate surface area is 211 Å². The zero-order chi connectivity index (χ0) is 26.7. The van der Waals surface area contributed by atoms with E-state index in [0.717, 1.165) is 4.68 Å². The van der Waals surface area contributed by atoms with Gasteiger partial charge in [0.15, 0.2) is 10.8 Å². The van der Waals surface area contributed by atoms with E-state index in [1.54, 1.807) is 24.3 Å². The molecule has 194 valence electrons. The molecule has 0 spiro atoms. The highest BCUT2D eigenvalue weighted by atomic mass is 35.5. The Hall–Kier alpha value is -2.83. The molecule has 1 heterocycles. The van der Waals surface area contributed by atoms with E-state index in [-0.39, 0.29) is 42.2 Å². The van der Waals surface area contributed by atoms with Gasteiger partial charge < -0.3 is 9.64 Å². The summed E-state index contributed by atoms with van der Waals surface area (Å²) in [5.41, 5.74) is -3.05. The van der Waals surface area contributed by atoms with Crippen LogP contribution in [0.4, 0.5) is 26.3 Å². The predicted octanol–water partition coefficient (Wildman–Crippen LogP) is 5.96. The molecule has 0 unspecified atom stereocenters. The van der Waals surface area contributed by atoms with E-state index >= 15 is 0 Å². The van der Waals surface area contributed by atoms with E-state index < -0.39 is 35.9 Å². The number of carbonyl (C=O) groups is 1. The molecule has 0 saturated heterocycles. The van der Waals surface area contributed by atoms with Gasteiger partial charge in [0.05, 0.1) is 24.3 Å². The van der Waals surface area contributed by atoms with Crippen LogP contribution in [0.1, 0.15) is 32.7 Å². The highest BCUT2D eigenvalue weighted by Gasteiger charge is 2.37. The molecule has 3 rings (SSSR count). The first-order chi connectivity index (χ1) is 16.8. The zero-order valence-electron chi connectivity index (χ0n) is 18.5. The van der Waals surface area contributed by atoms with Crippen molar-refractivity contribution in [1.29, 1.82) is 0 Å². The highest BCUT2D eigenvalue weighted by Crippen LogP contribution is 2.36. The minimum atomic E-state index is -5.01. The van der Waals surface area contributed by atoms with Crippen LogP contribution in [0.25, 0.3) is 0 Å². The fourth-order valence-corrected chi connectivity index (χ4v) is 3.66. The number of aromatic nitrogens is 3. The Morgan fingerprint density at radius 2 is 1.64 bits per heavy atom. The van der Waals surface area contributed by atoms with Crippen molar-refractivity contribution in [2.45, 2.75) is 25.4 Å². The van der Waals surface area contributed by atoms with Crippen LogP contribution in [0, 0.1) is 0 Å². The topological polar surface area (TPSA) is 60.2 Å². The fourth-order valence-electron chi connectivity index (χ4n) is 3.25. The maximum absolute atomic E-state index is 13.2. The largest absolute Gasteiger partial charge is 0.416 e. The molecule has 36 heavy (non-hydrogen) atoms. The first kappa shape index (κ1) is 27.8. The molecule has 0 fully saturated rings. The van der Waals surface area contributed by atoms with Crippen LogP contribution >= 0.6 is 23.2 Å². The fraction of sp³-hybridized carbons (Fsp3) is 0.318. The minimum Gasteiger partial charge on any atom is -0.383 e. The van der Waals surface area contributed by atoms with Gasteiger partial charge in [0.2, 0.25) is 0 Å². The van der Waals surface area contributed by atoms with Gasteiger partial charge in [-0.2, -0.15) is 26.3 Å². The molecule has 6 nitrogen and oxygen atoms in total. The van der Waals surface area contributed by atoms with Crippen LogP contribution in [0.3, 0.4) is 0 Å². The summed E-state index contributed by atoms with van der Waals surface area (Å²) in [7, 11) is 1.44. The summed E-state index contributed by atoms with van der Waals surface area (Å²) in [4.78, 5) is 14.5. The lowest BCUT2D eigenvalue weighted by Gasteiger charge is -2.22. The van der Waals surface area contributed by atoms with E-state index in [1.165, 1.54) is 12.0 Å². The van der Waals surface area contributed by atoms with Crippen LogP contribution in [-0.2, 0) is 30.2 Å². The van der Waals surface area contributed by atoms with Gasteiger partial charge in [0.25, 0.3) is 5.91 Å². The van der Waals surface area contributed by atoms with Crippen molar-refractivity contribution in [2.75, 3.05) is 20.3 Å². The Bertz CT molecular complexity index is 1200. The number of carbonyl (C=O) groups excluding carboxylic acids is 1. The molecule has 0 atom stereocenters. The van der Waals surface area contributed by atoms with Crippen molar-refractivity contribution in [3.05, 3.63) is 80.6 Å². The van der Waals surface area contributed by atoms with E-state index in [0.29, 0.717) is 22.7 Å². The molecular weight excluding hydrogens is 537 g/mol. The quantitative estimate of drug-likeness (QED) is 0.322. The Balaban J connectivity index is 1.91. The molecule has 2 aromatic carbocycles. The number of methoxy groups -OCH3 is 1. The number of amides is 1. The molecule has 0 aliphatic heterocycles. The van der Waals surface area contributed by atoms with E-state index in [9.17, 15) is 31.1 Å². The summed E-state index contributed by atoms with van der Waals surface area (Å²) in [5, 5.41) is 7.44. The van der Waals surface area contributed by atoms with Crippen molar-refractivity contribution in [2.24, 2.45) is 0 Å². The molecule has 0 radical (unpaired) electrons. The van der Waals surface area contributed by atoms with Gasteiger partial charge in [-0.15, -0.1) is 5.10 Å². The van der Waals surface area contributed by atoms with Crippen molar-refractivity contribution < 1.29 is 35.9 Å². The SMILES string of the molecule is COCCN(Cc1ccccc1Cl)C(=O)c1nnn(Cc2cc(C(F)(F)F)cc(C(F)(F)F)c2)c1Cl. The minimum absolute atomic E-state index is 0.0177. The Morgan fingerprint density at radius 1 is 1.03 bits per heavy atom. The number of hydrogen-bond donors (Lipinski definition) is 0. The molecule has 3 aromatic rings. The lowest BCUT2D eigenvalue weighted by Crippen LogP contribution is -2.34. The summed E-state index contributed by atoms with van der Waals surface area (Å²) < 4.78 is 84.9. The summed E-state index contributed by atoms with van der Waals surface area (Å²) in [6.07, 6.45) is -10.0. The molecular formula is C22H18Cl2F6N4O2. The molecule has 1 aromatic heterocycles. The average Bonchev–Trinajstić information content (AvgIpc) is 3.16. The summed E-state index contributed by atoms with van der Waals surface area (Å²) in [5.74, 6) is -0.678. The number of halogens is 8. The molecule has 0 saturated carbocycles. The first-order valence-electron chi connectivity index (χ1n) is 10.2. The third kappa shape index (κ3) is 6.68. The lowest BCUT2D eigenvalue weighted by molar-refractivity contribution is -0.143. The molecule has 0 aliphatic rings. The highest BCUT2D eigenvalue weighted by molar-refractivity contribution is 6.32. The lowest BCUT2D eigenvalue weighted by atomic mass is 10.0. The van der Waals surface area contributed by atoms with Gasteiger partial charge in [0, 0.05) is 25.2 Å². The number of nitrogens with zero attached hydrogens (tertiary/aromatic N) is 4. The molecule has 1 amide bonds. The van der Waals surface area contributed by atoms with Crippen LogP contribution in [0.5, 0.6) is 0 Å². The molecule has 0 N–H and O–H groups in total. The second kappa shape index (κ2) is 11.1. The number of rotatable bonds is 8. The number of alkyl halides is 6. The van der Waals surface area contributed by atoms with Crippen molar-refractivity contribution in [3.63, 3.8) is 0 Å². The van der Waals surface area contributed by atoms with Crippen molar-refractivity contribution >= 4 is 29.1 Å². The van der Waals surface area contributed by atoms with E-state index in [4.69, 9.17) is 27.9 Å². The van der Waals surface area contributed by atoms with E-state index in [1.807, 2.05) is 0 Å². The van der Waals surface area contributed by atoms with Crippen LogP contribution in [0.2, 0.25) is 10.2 Å². The Kier molecular flexibility index (Phi) is 8.52. The maximum atomic E-state index is 13.2. The van der Waals surface area contributed by atoms with Gasteiger partial charge in [-0.3, -0.25) is 4.79 Å². The third-order valence-corrected chi connectivity index (χ3v) is 5.77. The van der Waals surface area contributed by atoms with Gasteiger partial charge in [-0.1, -0.05) is 46.6 Å². The molecule has 14 heteroatoms. The van der Waals surface area contributed by atoms with Crippen LogP contribution in [0.15, 0.2) is 42.5 Å². The smallest absolute Gasteiger partial charge is 0.383 e.